The minimum atomic E-state index is -1.29. The van der Waals surface area contributed by atoms with Crippen LogP contribution >= 0.6 is 0 Å². The first-order valence-electron chi connectivity index (χ1n) is 17.0. The molecule has 0 aliphatic heterocycles. The van der Waals surface area contributed by atoms with E-state index >= 15 is 13.2 Å². The van der Waals surface area contributed by atoms with Gasteiger partial charge in [-0.15, -0.1) is 0 Å². The molecule has 222 valence electrons. The topological polar surface area (TPSA) is 0 Å². The Kier molecular flexibility index (Phi) is 12.2. The third-order valence-electron chi connectivity index (χ3n) is 11.9. The molecular weight excluding hydrogens is 484 g/mol. The van der Waals surface area contributed by atoms with Crippen LogP contribution < -0.4 is 0 Å². The van der Waals surface area contributed by atoms with Gasteiger partial charge >= 0.3 is 0 Å². The summed E-state index contributed by atoms with van der Waals surface area (Å²) in [5.41, 5.74) is 0. The summed E-state index contributed by atoms with van der Waals surface area (Å²) in [6.07, 6.45) is 15.4. The van der Waals surface area contributed by atoms with Crippen LogP contribution in [-0.2, 0) is 0 Å². The van der Waals surface area contributed by atoms with E-state index in [1.54, 1.807) is 0 Å². The van der Waals surface area contributed by atoms with Crippen molar-refractivity contribution in [3.63, 3.8) is 0 Å². The van der Waals surface area contributed by atoms with Crippen molar-refractivity contribution in [2.24, 2.45) is 47.3 Å². The normalized spacial score (nSPS) is 44.7. The zero-order valence-electron chi connectivity index (χ0n) is 24.6. The second kappa shape index (κ2) is 15.1. The molecule has 0 spiro atoms. The highest BCUT2D eigenvalue weighted by Gasteiger charge is 2.45. The third kappa shape index (κ3) is 7.71. The van der Waals surface area contributed by atoms with Gasteiger partial charge in [0.2, 0.25) is 0 Å². The molecule has 0 bridgehead atoms. The Morgan fingerprint density at radius 2 is 0.895 bits per heavy atom. The number of hydrogen-bond donors (Lipinski definition) is 0. The van der Waals surface area contributed by atoms with Gasteiger partial charge in [-0.05, 0) is 112 Å². The Hall–Kier alpha value is -0.280. The maximum Gasteiger partial charge on any atom is 0.134 e. The molecule has 4 heteroatoms. The van der Waals surface area contributed by atoms with Gasteiger partial charge in [-0.1, -0.05) is 78.1 Å². The first kappa shape index (κ1) is 30.7. The minimum Gasteiger partial charge on any atom is -0.244 e. The first-order valence-corrected chi connectivity index (χ1v) is 17.0. The molecule has 0 N–H and O–H groups in total. The van der Waals surface area contributed by atoms with Gasteiger partial charge in [-0.25, -0.2) is 17.6 Å². The third-order valence-corrected chi connectivity index (χ3v) is 11.9. The molecule has 0 saturated heterocycles. The van der Waals surface area contributed by atoms with Gasteiger partial charge in [0.1, 0.15) is 24.7 Å². The second-order valence-corrected chi connectivity index (χ2v) is 14.2. The van der Waals surface area contributed by atoms with Crippen molar-refractivity contribution < 1.29 is 17.6 Å². The molecule has 4 fully saturated rings. The summed E-state index contributed by atoms with van der Waals surface area (Å²) in [5.74, 6) is 1.68. The molecule has 0 aromatic rings. The van der Waals surface area contributed by atoms with Gasteiger partial charge in [-0.3, -0.25) is 0 Å². The van der Waals surface area contributed by atoms with Crippen LogP contribution in [0.5, 0.6) is 0 Å². The lowest BCUT2D eigenvalue weighted by Crippen LogP contribution is -2.42. The molecule has 4 rings (SSSR count). The van der Waals surface area contributed by atoms with Crippen molar-refractivity contribution in [2.45, 2.75) is 167 Å². The van der Waals surface area contributed by atoms with E-state index in [1.165, 1.54) is 25.7 Å². The molecule has 0 radical (unpaired) electrons. The maximum absolute atomic E-state index is 15.3. The van der Waals surface area contributed by atoms with Gasteiger partial charge in [-0.2, -0.15) is 0 Å². The fraction of sp³-hybridized carbons (Fsp3) is 1.00. The van der Waals surface area contributed by atoms with Crippen molar-refractivity contribution in [3.05, 3.63) is 0 Å². The minimum absolute atomic E-state index is 0.0611. The van der Waals surface area contributed by atoms with E-state index in [0.717, 1.165) is 109 Å². The van der Waals surface area contributed by atoms with E-state index < -0.39 is 24.7 Å². The van der Waals surface area contributed by atoms with Gasteiger partial charge in [0.05, 0.1) is 0 Å². The number of rotatable bonds is 11. The number of halogens is 4. The van der Waals surface area contributed by atoms with Gasteiger partial charge < -0.3 is 0 Å². The van der Waals surface area contributed by atoms with E-state index in [2.05, 4.69) is 13.8 Å². The van der Waals surface area contributed by atoms with Crippen LogP contribution in [0.2, 0.25) is 0 Å². The first-order chi connectivity index (χ1) is 18.4. The van der Waals surface area contributed by atoms with Crippen LogP contribution in [0.3, 0.4) is 0 Å². The Morgan fingerprint density at radius 1 is 0.421 bits per heavy atom. The predicted octanol–water partition coefficient (Wildman–Crippen LogP) is 11.2. The number of alkyl halides is 4. The summed E-state index contributed by atoms with van der Waals surface area (Å²) in [6, 6.07) is 0. The predicted molar refractivity (Wildman–Crippen MR) is 151 cm³/mol. The molecule has 4 saturated carbocycles. The molecule has 38 heavy (non-hydrogen) atoms. The highest BCUT2D eigenvalue weighted by atomic mass is 19.2. The zero-order chi connectivity index (χ0) is 27.1. The van der Waals surface area contributed by atoms with Gasteiger partial charge in [0, 0.05) is 0 Å². The van der Waals surface area contributed by atoms with E-state index in [-0.39, 0.29) is 23.7 Å². The standard InChI is InChI=1S/C34H58F4/c1-3-5-6-8-27-19-21-29(33(37)31(27)35)26-16-11-24(12-17-26)13-18-28-20-22-30(34(38)32(28)36)25-14-9-23(7-4-2)10-15-25/h23-34H,3-22H2,1-2H3. The molecule has 8 atom stereocenters. The SMILES string of the molecule is CCCCCC1CCC(C2CCC(CCC3CCC(C4CCC(CCC)CC4)C(F)C3F)CC2)C(F)C1F. The summed E-state index contributed by atoms with van der Waals surface area (Å²) in [7, 11) is 0. The summed E-state index contributed by atoms with van der Waals surface area (Å²) >= 11 is 0. The lowest BCUT2D eigenvalue weighted by Gasteiger charge is -2.42. The summed E-state index contributed by atoms with van der Waals surface area (Å²) in [6.45, 7) is 4.39. The zero-order valence-corrected chi connectivity index (χ0v) is 24.6. The molecule has 4 aliphatic rings. The fourth-order valence-corrected chi connectivity index (χ4v) is 9.37. The monoisotopic (exact) mass is 542 g/mol. The smallest absolute Gasteiger partial charge is 0.134 e. The molecule has 0 nitrogen and oxygen atoms in total. The summed E-state index contributed by atoms with van der Waals surface area (Å²) < 4.78 is 60.6. The van der Waals surface area contributed by atoms with Crippen molar-refractivity contribution in [1.82, 2.24) is 0 Å². The summed E-state index contributed by atoms with van der Waals surface area (Å²) in [5, 5.41) is 0. The van der Waals surface area contributed by atoms with Crippen LogP contribution in [-0.4, -0.2) is 24.7 Å². The Morgan fingerprint density at radius 3 is 1.37 bits per heavy atom. The van der Waals surface area contributed by atoms with E-state index in [1.807, 2.05) is 0 Å². The molecule has 0 heterocycles. The van der Waals surface area contributed by atoms with E-state index in [9.17, 15) is 4.39 Å². The van der Waals surface area contributed by atoms with Crippen molar-refractivity contribution >= 4 is 0 Å². The Labute approximate surface area is 231 Å². The van der Waals surface area contributed by atoms with Crippen molar-refractivity contribution in [1.29, 1.82) is 0 Å². The van der Waals surface area contributed by atoms with E-state index in [0.29, 0.717) is 17.8 Å². The van der Waals surface area contributed by atoms with Gasteiger partial charge in [0.25, 0.3) is 0 Å². The lowest BCUT2D eigenvalue weighted by molar-refractivity contribution is -0.0205. The molecule has 8 unspecified atom stereocenters. The highest BCUT2D eigenvalue weighted by molar-refractivity contribution is 4.94. The molecular formula is C34H58F4. The summed E-state index contributed by atoms with van der Waals surface area (Å²) in [4.78, 5) is 0. The van der Waals surface area contributed by atoms with Crippen LogP contribution in [0.1, 0.15) is 142 Å². The maximum atomic E-state index is 15.3. The highest BCUT2D eigenvalue weighted by Crippen LogP contribution is 2.48. The average Bonchev–Trinajstić information content (AvgIpc) is 2.93. The van der Waals surface area contributed by atoms with Gasteiger partial charge in [0.15, 0.2) is 0 Å². The quantitative estimate of drug-likeness (QED) is 0.180. The Bertz CT molecular complexity index is 653. The van der Waals surface area contributed by atoms with Crippen LogP contribution in [0.4, 0.5) is 17.6 Å². The van der Waals surface area contributed by atoms with Crippen molar-refractivity contribution in [3.8, 4) is 0 Å². The molecule has 0 aromatic carbocycles. The fourth-order valence-electron chi connectivity index (χ4n) is 9.37. The largest absolute Gasteiger partial charge is 0.244 e. The average molecular weight is 543 g/mol. The molecule has 0 amide bonds. The molecule has 0 aromatic heterocycles. The Balaban J connectivity index is 1.15. The van der Waals surface area contributed by atoms with E-state index in [4.69, 9.17) is 0 Å². The van der Waals surface area contributed by atoms with Crippen LogP contribution in [0, 0.1) is 47.3 Å². The number of hydrogen-bond acceptors (Lipinski definition) is 0. The van der Waals surface area contributed by atoms with Crippen LogP contribution in [0.25, 0.3) is 0 Å². The van der Waals surface area contributed by atoms with Crippen molar-refractivity contribution in [2.75, 3.05) is 0 Å². The lowest BCUT2D eigenvalue weighted by atomic mass is 9.65. The second-order valence-electron chi connectivity index (χ2n) is 14.2. The number of unbranched alkanes of at least 4 members (excludes halogenated alkanes) is 2. The van der Waals surface area contributed by atoms with Crippen LogP contribution in [0.15, 0.2) is 0 Å². The molecule has 4 aliphatic carbocycles.